The average Bonchev–Trinajstić information content (AvgIpc) is 2.80. The van der Waals surface area contributed by atoms with Crippen LogP contribution in [0, 0.1) is 46.3 Å². The molecule has 0 aromatic rings. The molecule has 0 heterocycles. The van der Waals surface area contributed by atoms with E-state index in [0.29, 0.717) is 23.9 Å². The highest BCUT2D eigenvalue weighted by Crippen LogP contribution is 2.62. The number of hydrogen-bond donors (Lipinski definition) is 0. The standard InChI is InChI=1S/C30H46N2O2/c1-31(27(33)29-13-19-7-20(14-29)9-21(8-19)15-29)25-3-5-26(6-4-25)32(2)28(34)30-16-22-10-23(17-30)12-24(11-22)18-30/h19-26H,3-18H2,1-2H3. The topological polar surface area (TPSA) is 40.6 Å². The van der Waals surface area contributed by atoms with E-state index < -0.39 is 0 Å². The third kappa shape index (κ3) is 3.35. The molecule has 9 rings (SSSR count). The van der Waals surface area contributed by atoms with Crippen LogP contribution in [0.1, 0.15) is 103 Å². The van der Waals surface area contributed by atoms with E-state index in [0.717, 1.165) is 61.2 Å². The highest BCUT2D eigenvalue weighted by molar-refractivity contribution is 5.84. The Balaban J connectivity index is 0.981. The molecule has 2 amide bonds. The number of rotatable bonds is 4. The maximum atomic E-state index is 13.8. The Labute approximate surface area is 206 Å². The summed E-state index contributed by atoms with van der Waals surface area (Å²) < 4.78 is 0. The molecule has 188 valence electrons. The number of nitrogens with zero attached hydrogens (tertiary/aromatic N) is 2. The second-order valence-corrected chi connectivity index (χ2v) is 14.7. The predicted molar refractivity (Wildman–Crippen MR) is 133 cm³/mol. The Kier molecular flexibility index (Phi) is 5.03. The van der Waals surface area contributed by atoms with Crippen LogP contribution in [-0.2, 0) is 9.59 Å². The first-order chi connectivity index (χ1) is 16.3. The van der Waals surface area contributed by atoms with Crippen molar-refractivity contribution >= 4 is 11.8 Å². The highest BCUT2D eigenvalue weighted by atomic mass is 16.2. The van der Waals surface area contributed by atoms with Crippen LogP contribution in [0.2, 0.25) is 0 Å². The SMILES string of the molecule is CN(C(=O)C12CC3CC(CC(C3)C1)C2)C1CCC(N(C)C(=O)C23CC4CC(CC(C4)C2)C3)CC1. The molecule has 0 atom stereocenters. The summed E-state index contributed by atoms with van der Waals surface area (Å²) in [6, 6.07) is 0.750. The van der Waals surface area contributed by atoms with Gasteiger partial charge in [-0.15, -0.1) is 0 Å². The van der Waals surface area contributed by atoms with Gasteiger partial charge in [-0.25, -0.2) is 0 Å². The van der Waals surface area contributed by atoms with Gasteiger partial charge in [-0.3, -0.25) is 9.59 Å². The van der Waals surface area contributed by atoms with E-state index >= 15 is 0 Å². The summed E-state index contributed by atoms with van der Waals surface area (Å²) in [5, 5.41) is 0. The van der Waals surface area contributed by atoms with E-state index in [4.69, 9.17) is 0 Å². The van der Waals surface area contributed by atoms with Gasteiger partial charge < -0.3 is 9.80 Å². The fourth-order valence-corrected chi connectivity index (χ4v) is 11.7. The molecule has 9 saturated carbocycles. The van der Waals surface area contributed by atoms with Gasteiger partial charge in [0.15, 0.2) is 0 Å². The molecule has 0 N–H and O–H groups in total. The van der Waals surface area contributed by atoms with Gasteiger partial charge in [0, 0.05) is 26.2 Å². The van der Waals surface area contributed by atoms with Crippen molar-refractivity contribution in [2.45, 2.75) is 115 Å². The minimum Gasteiger partial charge on any atom is -0.342 e. The second kappa shape index (κ2) is 7.72. The smallest absolute Gasteiger partial charge is 0.228 e. The summed E-state index contributed by atoms with van der Waals surface area (Å²) >= 11 is 0. The molecular weight excluding hydrogens is 420 g/mol. The van der Waals surface area contributed by atoms with Crippen LogP contribution in [-0.4, -0.2) is 47.8 Å². The van der Waals surface area contributed by atoms with Crippen LogP contribution in [0.15, 0.2) is 0 Å². The molecule has 0 saturated heterocycles. The zero-order chi connectivity index (χ0) is 23.2. The van der Waals surface area contributed by atoms with Crippen molar-refractivity contribution in [1.29, 1.82) is 0 Å². The minimum atomic E-state index is -0.0222. The molecule has 9 fully saturated rings. The van der Waals surface area contributed by atoms with Crippen molar-refractivity contribution in [2.24, 2.45) is 46.3 Å². The molecule has 0 spiro atoms. The lowest BCUT2D eigenvalue weighted by Gasteiger charge is -2.57. The Morgan fingerprint density at radius 1 is 0.500 bits per heavy atom. The van der Waals surface area contributed by atoms with Gasteiger partial charge in [-0.2, -0.15) is 0 Å². The molecule has 4 heteroatoms. The van der Waals surface area contributed by atoms with Gasteiger partial charge in [0.25, 0.3) is 0 Å². The third-order valence-corrected chi connectivity index (χ3v) is 12.4. The summed E-state index contributed by atoms with van der Waals surface area (Å²) in [4.78, 5) is 32.1. The monoisotopic (exact) mass is 466 g/mol. The molecule has 0 aromatic heterocycles. The predicted octanol–water partition coefficient (Wildman–Crippen LogP) is 5.65. The summed E-state index contributed by atoms with van der Waals surface area (Å²) in [6.07, 6.45) is 19.6. The Morgan fingerprint density at radius 3 is 0.971 bits per heavy atom. The lowest BCUT2D eigenvalue weighted by atomic mass is 9.49. The van der Waals surface area contributed by atoms with E-state index in [2.05, 4.69) is 23.9 Å². The minimum absolute atomic E-state index is 0.0222. The maximum absolute atomic E-state index is 13.8. The van der Waals surface area contributed by atoms with Gasteiger partial charge in [0.2, 0.25) is 11.8 Å². The van der Waals surface area contributed by atoms with Gasteiger partial charge >= 0.3 is 0 Å². The summed E-state index contributed by atoms with van der Waals surface area (Å²) in [5.74, 6) is 5.90. The van der Waals surface area contributed by atoms with E-state index in [9.17, 15) is 9.59 Å². The summed E-state index contributed by atoms with van der Waals surface area (Å²) in [6.45, 7) is 0. The molecule has 4 nitrogen and oxygen atoms in total. The van der Waals surface area contributed by atoms with E-state index in [1.807, 2.05) is 0 Å². The summed E-state index contributed by atoms with van der Waals surface area (Å²) in [5.41, 5.74) is -0.0444. The molecule has 0 aromatic carbocycles. The molecule has 9 aliphatic rings. The number of amides is 2. The van der Waals surface area contributed by atoms with Crippen LogP contribution >= 0.6 is 0 Å². The lowest BCUT2D eigenvalue weighted by molar-refractivity contribution is -0.162. The van der Waals surface area contributed by atoms with Gasteiger partial charge in [-0.1, -0.05) is 0 Å². The zero-order valence-corrected chi connectivity index (χ0v) is 21.6. The van der Waals surface area contributed by atoms with Crippen LogP contribution in [0.25, 0.3) is 0 Å². The largest absolute Gasteiger partial charge is 0.342 e. The summed E-state index contributed by atoms with van der Waals surface area (Å²) in [7, 11) is 4.21. The lowest BCUT2D eigenvalue weighted by Crippen LogP contribution is -2.57. The number of carbonyl (C=O) groups excluding carboxylic acids is 2. The molecule has 8 bridgehead atoms. The van der Waals surface area contributed by atoms with Crippen molar-refractivity contribution in [2.75, 3.05) is 14.1 Å². The maximum Gasteiger partial charge on any atom is 0.228 e. The van der Waals surface area contributed by atoms with E-state index in [1.54, 1.807) is 0 Å². The normalized spacial score (nSPS) is 50.4. The van der Waals surface area contributed by atoms with Crippen molar-refractivity contribution in [1.82, 2.24) is 9.80 Å². The first-order valence-corrected chi connectivity index (χ1v) is 14.9. The fourth-order valence-electron chi connectivity index (χ4n) is 11.7. The van der Waals surface area contributed by atoms with Gasteiger partial charge in [-0.05, 0) is 138 Å². The third-order valence-electron chi connectivity index (χ3n) is 12.4. The Bertz CT molecular complexity index is 715. The molecule has 34 heavy (non-hydrogen) atoms. The second-order valence-electron chi connectivity index (χ2n) is 14.7. The number of hydrogen-bond acceptors (Lipinski definition) is 2. The quantitative estimate of drug-likeness (QED) is 0.537. The average molecular weight is 467 g/mol. The highest BCUT2D eigenvalue weighted by Gasteiger charge is 2.57. The fraction of sp³-hybridized carbons (Fsp3) is 0.933. The Morgan fingerprint density at radius 2 is 0.735 bits per heavy atom. The van der Waals surface area contributed by atoms with Crippen molar-refractivity contribution in [3.05, 3.63) is 0 Å². The molecule has 0 radical (unpaired) electrons. The van der Waals surface area contributed by atoms with Gasteiger partial charge in [0.05, 0.1) is 10.8 Å². The molecule has 0 aliphatic heterocycles. The van der Waals surface area contributed by atoms with Crippen molar-refractivity contribution in [3.8, 4) is 0 Å². The molecule has 9 aliphatic carbocycles. The zero-order valence-electron chi connectivity index (χ0n) is 21.6. The first kappa shape index (κ1) is 22.2. The van der Waals surface area contributed by atoms with Crippen LogP contribution in [0.4, 0.5) is 0 Å². The van der Waals surface area contributed by atoms with Crippen molar-refractivity contribution < 1.29 is 9.59 Å². The van der Waals surface area contributed by atoms with Crippen LogP contribution in [0.3, 0.4) is 0 Å². The number of carbonyl (C=O) groups is 2. The van der Waals surface area contributed by atoms with Gasteiger partial charge in [0.1, 0.15) is 0 Å². The first-order valence-electron chi connectivity index (χ1n) is 14.9. The Hall–Kier alpha value is -1.06. The van der Waals surface area contributed by atoms with Crippen molar-refractivity contribution in [3.63, 3.8) is 0 Å². The van der Waals surface area contributed by atoms with Crippen LogP contribution in [0.5, 0.6) is 0 Å². The van der Waals surface area contributed by atoms with Crippen LogP contribution < -0.4 is 0 Å². The molecular formula is C30H46N2O2. The van der Waals surface area contributed by atoms with E-state index in [-0.39, 0.29) is 10.8 Å². The van der Waals surface area contributed by atoms with E-state index in [1.165, 1.54) is 77.0 Å². The molecule has 0 unspecified atom stereocenters.